The zero-order chi connectivity index (χ0) is 15.1. The van der Waals surface area contributed by atoms with Crippen molar-refractivity contribution in [3.63, 3.8) is 0 Å². The Balaban J connectivity index is 2.00. The number of hydrogen-bond acceptors (Lipinski definition) is 5. The average molecular weight is 295 g/mol. The second kappa shape index (κ2) is 8.10. The largest absolute Gasteiger partial charge is 0.496 e. The monoisotopic (exact) mass is 295 g/mol. The lowest BCUT2D eigenvalue weighted by Gasteiger charge is -2.26. The predicted octanol–water partition coefficient (Wildman–Crippen LogP) is 1.98. The second-order valence-electron chi connectivity index (χ2n) is 5.07. The topological polar surface area (TPSA) is 40.2 Å². The molecule has 1 heterocycles. The van der Waals surface area contributed by atoms with E-state index in [1.165, 1.54) is 0 Å². The Morgan fingerprint density at radius 2 is 1.62 bits per heavy atom. The third-order valence-electron chi connectivity index (χ3n) is 3.82. The smallest absolute Gasteiger partial charge is 0.129 e. The van der Waals surface area contributed by atoms with Crippen LogP contribution in [-0.2, 0) is 11.2 Å². The molecule has 0 atom stereocenters. The van der Waals surface area contributed by atoms with E-state index in [2.05, 4.69) is 4.90 Å². The standard InChI is InChI=1S/C16H25NO4/c1-18-13-11-15(19-2)14(16(12-13)20-3)5-4-6-17-7-9-21-10-8-17/h11-12H,4-10H2,1-3H3. The summed E-state index contributed by atoms with van der Waals surface area (Å²) >= 11 is 0. The summed E-state index contributed by atoms with van der Waals surface area (Å²) in [4.78, 5) is 2.44. The fraction of sp³-hybridized carbons (Fsp3) is 0.625. The zero-order valence-corrected chi connectivity index (χ0v) is 13.2. The van der Waals surface area contributed by atoms with Crippen LogP contribution in [0, 0.1) is 0 Å². The lowest BCUT2D eigenvalue weighted by atomic mass is 10.1. The zero-order valence-electron chi connectivity index (χ0n) is 13.2. The molecule has 1 aromatic rings. The molecule has 1 saturated heterocycles. The van der Waals surface area contributed by atoms with E-state index in [4.69, 9.17) is 18.9 Å². The van der Waals surface area contributed by atoms with Crippen molar-refractivity contribution in [1.29, 1.82) is 0 Å². The van der Waals surface area contributed by atoms with Crippen LogP contribution in [0.25, 0.3) is 0 Å². The molecule has 0 bridgehead atoms. The molecule has 0 spiro atoms. The van der Waals surface area contributed by atoms with Gasteiger partial charge in [0.2, 0.25) is 0 Å². The van der Waals surface area contributed by atoms with Crippen LogP contribution in [0.1, 0.15) is 12.0 Å². The van der Waals surface area contributed by atoms with E-state index in [0.717, 1.165) is 68.5 Å². The molecule has 0 saturated carbocycles. The van der Waals surface area contributed by atoms with Crippen molar-refractivity contribution in [2.45, 2.75) is 12.8 Å². The van der Waals surface area contributed by atoms with Crippen LogP contribution < -0.4 is 14.2 Å². The van der Waals surface area contributed by atoms with Gasteiger partial charge in [0.05, 0.1) is 34.5 Å². The molecule has 1 fully saturated rings. The van der Waals surface area contributed by atoms with Gasteiger partial charge in [0.25, 0.3) is 0 Å². The number of morpholine rings is 1. The van der Waals surface area contributed by atoms with Gasteiger partial charge in [-0.25, -0.2) is 0 Å². The molecule has 0 amide bonds. The summed E-state index contributed by atoms with van der Waals surface area (Å²) in [5, 5.41) is 0. The Kier molecular flexibility index (Phi) is 6.14. The van der Waals surface area contributed by atoms with Crippen LogP contribution >= 0.6 is 0 Å². The van der Waals surface area contributed by atoms with Gasteiger partial charge in [-0.3, -0.25) is 4.90 Å². The molecule has 1 aliphatic heterocycles. The summed E-state index contributed by atoms with van der Waals surface area (Å²) in [6.07, 6.45) is 1.99. The van der Waals surface area contributed by atoms with Crippen LogP contribution in [0.5, 0.6) is 17.2 Å². The van der Waals surface area contributed by atoms with E-state index >= 15 is 0 Å². The molecular weight excluding hydrogens is 270 g/mol. The summed E-state index contributed by atoms with van der Waals surface area (Å²) < 4.78 is 21.6. The van der Waals surface area contributed by atoms with Crippen molar-refractivity contribution in [3.05, 3.63) is 17.7 Å². The van der Waals surface area contributed by atoms with Gasteiger partial charge in [-0.15, -0.1) is 0 Å². The third-order valence-corrected chi connectivity index (χ3v) is 3.82. The Bertz CT molecular complexity index is 419. The molecule has 0 radical (unpaired) electrons. The van der Waals surface area contributed by atoms with Crippen molar-refractivity contribution in [3.8, 4) is 17.2 Å². The van der Waals surface area contributed by atoms with E-state index in [1.807, 2.05) is 12.1 Å². The summed E-state index contributed by atoms with van der Waals surface area (Å²) in [5.74, 6) is 2.40. The third kappa shape index (κ3) is 4.25. The molecule has 0 unspecified atom stereocenters. The molecule has 21 heavy (non-hydrogen) atoms. The molecule has 1 aliphatic rings. The minimum absolute atomic E-state index is 0.751. The van der Waals surface area contributed by atoms with E-state index in [9.17, 15) is 0 Å². The molecule has 5 heteroatoms. The van der Waals surface area contributed by atoms with E-state index < -0.39 is 0 Å². The molecule has 5 nitrogen and oxygen atoms in total. The summed E-state index contributed by atoms with van der Waals surface area (Å²) in [5.41, 5.74) is 1.11. The minimum atomic E-state index is 0.751. The quantitative estimate of drug-likeness (QED) is 0.769. The first kappa shape index (κ1) is 15.9. The van der Waals surface area contributed by atoms with Crippen molar-refractivity contribution >= 4 is 0 Å². The molecular formula is C16H25NO4. The van der Waals surface area contributed by atoms with E-state index in [1.54, 1.807) is 21.3 Å². The average Bonchev–Trinajstić information content (AvgIpc) is 2.55. The van der Waals surface area contributed by atoms with Crippen molar-refractivity contribution in [1.82, 2.24) is 4.90 Å². The van der Waals surface area contributed by atoms with Crippen molar-refractivity contribution < 1.29 is 18.9 Å². The summed E-state index contributed by atoms with van der Waals surface area (Å²) in [7, 11) is 5.01. The van der Waals surface area contributed by atoms with Crippen LogP contribution in [0.15, 0.2) is 12.1 Å². The van der Waals surface area contributed by atoms with Gasteiger partial charge >= 0.3 is 0 Å². The van der Waals surface area contributed by atoms with Crippen molar-refractivity contribution in [2.24, 2.45) is 0 Å². The Morgan fingerprint density at radius 3 is 2.14 bits per heavy atom. The van der Waals surface area contributed by atoms with Gasteiger partial charge in [-0.2, -0.15) is 0 Å². The fourth-order valence-electron chi connectivity index (χ4n) is 2.63. The number of rotatable bonds is 7. The van der Waals surface area contributed by atoms with Crippen molar-refractivity contribution in [2.75, 3.05) is 54.2 Å². The first-order valence-corrected chi connectivity index (χ1v) is 7.37. The molecule has 0 aromatic heterocycles. The number of methoxy groups -OCH3 is 3. The van der Waals surface area contributed by atoms with Crippen LogP contribution in [0.4, 0.5) is 0 Å². The SMILES string of the molecule is COc1cc(OC)c(CCCN2CCOCC2)c(OC)c1. The summed E-state index contributed by atoms with van der Waals surface area (Å²) in [6.45, 7) is 4.81. The first-order chi connectivity index (χ1) is 10.3. The highest BCUT2D eigenvalue weighted by atomic mass is 16.5. The molecule has 0 N–H and O–H groups in total. The van der Waals surface area contributed by atoms with Crippen LogP contribution in [0.2, 0.25) is 0 Å². The number of hydrogen-bond donors (Lipinski definition) is 0. The van der Waals surface area contributed by atoms with Gasteiger partial charge in [-0.05, 0) is 19.4 Å². The van der Waals surface area contributed by atoms with Crippen LogP contribution in [0.3, 0.4) is 0 Å². The van der Waals surface area contributed by atoms with Gasteiger partial charge in [0.15, 0.2) is 0 Å². The Labute approximate surface area is 126 Å². The minimum Gasteiger partial charge on any atom is -0.496 e. The van der Waals surface area contributed by atoms with E-state index in [-0.39, 0.29) is 0 Å². The van der Waals surface area contributed by atoms with Crippen LogP contribution in [-0.4, -0.2) is 59.1 Å². The highest BCUT2D eigenvalue weighted by Crippen LogP contribution is 2.34. The number of nitrogens with zero attached hydrogens (tertiary/aromatic N) is 1. The molecule has 0 aliphatic carbocycles. The highest BCUT2D eigenvalue weighted by Gasteiger charge is 2.14. The molecule has 118 valence electrons. The molecule has 2 rings (SSSR count). The maximum absolute atomic E-state index is 5.48. The van der Waals surface area contributed by atoms with Gasteiger partial charge in [0, 0.05) is 30.8 Å². The normalized spacial score (nSPS) is 15.8. The predicted molar refractivity (Wildman–Crippen MR) is 81.7 cm³/mol. The maximum atomic E-state index is 5.48. The van der Waals surface area contributed by atoms with Gasteiger partial charge < -0.3 is 18.9 Å². The Morgan fingerprint density at radius 1 is 1.00 bits per heavy atom. The number of ether oxygens (including phenoxy) is 4. The second-order valence-corrected chi connectivity index (χ2v) is 5.07. The van der Waals surface area contributed by atoms with Gasteiger partial charge in [0.1, 0.15) is 17.2 Å². The maximum Gasteiger partial charge on any atom is 0.129 e. The first-order valence-electron chi connectivity index (χ1n) is 7.37. The lowest BCUT2D eigenvalue weighted by molar-refractivity contribution is 0.0374. The lowest BCUT2D eigenvalue weighted by Crippen LogP contribution is -2.36. The fourth-order valence-corrected chi connectivity index (χ4v) is 2.63. The Hall–Kier alpha value is -1.46. The van der Waals surface area contributed by atoms with Gasteiger partial charge in [-0.1, -0.05) is 0 Å². The molecule has 1 aromatic carbocycles. The van der Waals surface area contributed by atoms with E-state index in [0.29, 0.717) is 0 Å². The number of benzene rings is 1. The highest BCUT2D eigenvalue weighted by molar-refractivity contribution is 5.50. The summed E-state index contributed by atoms with van der Waals surface area (Å²) in [6, 6.07) is 3.82.